The van der Waals surface area contributed by atoms with Crippen LogP contribution in [0.5, 0.6) is 0 Å². The maximum atomic E-state index is 5.78. The number of rotatable bonds is 0. The molecule has 3 heteroatoms. The second kappa shape index (κ2) is 2.50. The van der Waals surface area contributed by atoms with E-state index in [0.29, 0.717) is 5.17 Å². The molecule has 1 nitrogen and oxygen atoms in total. The van der Waals surface area contributed by atoms with Crippen molar-refractivity contribution < 1.29 is 0 Å². The molecule has 0 fully saturated rings. The summed E-state index contributed by atoms with van der Waals surface area (Å²) < 4.78 is 0. The number of hydrogen-bond donors (Lipinski definition) is 0. The van der Waals surface area contributed by atoms with Crippen LogP contribution in [-0.2, 0) is 6.42 Å². The van der Waals surface area contributed by atoms with E-state index in [9.17, 15) is 0 Å². The molecule has 1 aromatic carbocycles. The van der Waals surface area contributed by atoms with Crippen LogP contribution in [0.2, 0.25) is 5.02 Å². The predicted octanol–water partition coefficient (Wildman–Crippen LogP) is 3.16. The Morgan fingerprint density at radius 1 is 1.27 bits per heavy atom. The molecule has 0 atom stereocenters. The third-order valence-corrected chi connectivity index (χ3v) is 2.07. The molecular weight excluding hydrogens is 181 g/mol. The molecule has 0 N–H and O–H groups in total. The zero-order valence-electron chi connectivity index (χ0n) is 5.64. The summed E-state index contributed by atoms with van der Waals surface area (Å²) in [6.07, 6.45) is 0.720. The summed E-state index contributed by atoms with van der Waals surface area (Å²) in [7, 11) is 0. The highest BCUT2D eigenvalue weighted by atomic mass is 35.5. The minimum Gasteiger partial charge on any atom is -0.241 e. The lowest BCUT2D eigenvalue weighted by Gasteiger charge is -1.95. The summed E-state index contributed by atoms with van der Waals surface area (Å²) in [4.78, 5) is 4.12. The Hall–Kier alpha value is -0.530. The smallest absolute Gasteiger partial charge is 0.111 e. The van der Waals surface area contributed by atoms with E-state index in [1.165, 1.54) is 0 Å². The second-order valence-electron chi connectivity index (χ2n) is 2.44. The minimum atomic E-state index is 0.641. The largest absolute Gasteiger partial charge is 0.241 e. The van der Waals surface area contributed by atoms with Crippen LogP contribution >= 0.6 is 23.2 Å². The fourth-order valence-electron chi connectivity index (χ4n) is 1.13. The van der Waals surface area contributed by atoms with Gasteiger partial charge in [-0.2, -0.15) is 0 Å². The van der Waals surface area contributed by atoms with E-state index in [1.54, 1.807) is 0 Å². The van der Waals surface area contributed by atoms with E-state index >= 15 is 0 Å². The van der Waals surface area contributed by atoms with Crippen molar-refractivity contribution in [2.75, 3.05) is 0 Å². The van der Waals surface area contributed by atoms with E-state index in [2.05, 4.69) is 4.99 Å². The molecule has 0 saturated heterocycles. The lowest BCUT2D eigenvalue weighted by molar-refractivity contribution is 1.41. The zero-order valence-corrected chi connectivity index (χ0v) is 7.15. The predicted molar refractivity (Wildman–Crippen MR) is 48.1 cm³/mol. The van der Waals surface area contributed by atoms with E-state index in [1.807, 2.05) is 18.2 Å². The first-order valence-corrected chi connectivity index (χ1v) is 4.03. The highest BCUT2D eigenvalue weighted by molar-refractivity contribution is 6.66. The Bertz CT molecular complexity index is 331. The molecule has 1 aliphatic rings. The standard InChI is InChI=1S/C8H5Cl2N/c9-6-1-2-7-5(3-6)4-8(10)11-7/h1-3H,4H2. The van der Waals surface area contributed by atoms with Crippen molar-refractivity contribution in [2.24, 2.45) is 4.99 Å². The summed E-state index contributed by atoms with van der Waals surface area (Å²) >= 11 is 11.5. The number of aliphatic imine (C=N–C) groups is 1. The van der Waals surface area contributed by atoms with Gasteiger partial charge in [0.05, 0.1) is 5.69 Å². The number of benzene rings is 1. The normalized spacial score (nSPS) is 14.5. The average molecular weight is 186 g/mol. The van der Waals surface area contributed by atoms with Crippen molar-refractivity contribution in [3.63, 3.8) is 0 Å². The second-order valence-corrected chi connectivity index (χ2v) is 3.31. The third kappa shape index (κ3) is 1.26. The van der Waals surface area contributed by atoms with Crippen molar-refractivity contribution in [3.8, 4) is 0 Å². The molecule has 0 spiro atoms. The lowest BCUT2D eigenvalue weighted by Crippen LogP contribution is -1.84. The summed E-state index contributed by atoms with van der Waals surface area (Å²) in [5, 5.41) is 1.38. The van der Waals surface area contributed by atoms with Crippen molar-refractivity contribution in [2.45, 2.75) is 6.42 Å². The molecule has 0 aliphatic carbocycles. The van der Waals surface area contributed by atoms with Crippen molar-refractivity contribution in [1.29, 1.82) is 0 Å². The van der Waals surface area contributed by atoms with E-state index in [4.69, 9.17) is 23.2 Å². The van der Waals surface area contributed by atoms with Gasteiger partial charge in [0, 0.05) is 11.4 Å². The highest BCUT2D eigenvalue weighted by Crippen LogP contribution is 2.29. The number of hydrogen-bond acceptors (Lipinski definition) is 1. The zero-order chi connectivity index (χ0) is 7.84. The maximum absolute atomic E-state index is 5.78. The fourth-order valence-corrected chi connectivity index (χ4v) is 1.56. The van der Waals surface area contributed by atoms with Gasteiger partial charge in [-0.25, -0.2) is 4.99 Å². The first-order chi connectivity index (χ1) is 5.25. The molecule has 2 rings (SSSR count). The fraction of sp³-hybridized carbons (Fsp3) is 0.125. The highest BCUT2D eigenvalue weighted by Gasteiger charge is 2.11. The van der Waals surface area contributed by atoms with Gasteiger partial charge in [-0.1, -0.05) is 23.2 Å². The molecule has 56 valence electrons. The van der Waals surface area contributed by atoms with Crippen LogP contribution in [0.4, 0.5) is 5.69 Å². The Morgan fingerprint density at radius 3 is 2.91 bits per heavy atom. The molecule has 1 heterocycles. The molecule has 1 aromatic rings. The van der Waals surface area contributed by atoms with Gasteiger partial charge < -0.3 is 0 Å². The number of fused-ring (bicyclic) bond motifs is 1. The van der Waals surface area contributed by atoms with Crippen LogP contribution in [0.1, 0.15) is 5.56 Å². The SMILES string of the molecule is ClC1=Nc2ccc(Cl)cc2C1. The molecule has 0 saturated carbocycles. The Kier molecular flexibility index (Phi) is 1.63. The average Bonchev–Trinajstić information content (AvgIpc) is 2.27. The van der Waals surface area contributed by atoms with Crippen LogP contribution in [-0.4, -0.2) is 5.17 Å². The van der Waals surface area contributed by atoms with Crippen LogP contribution < -0.4 is 0 Å². The van der Waals surface area contributed by atoms with Crippen LogP contribution in [0.3, 0.4) is 0 Å². The molecule has 0 bridgehead atoms. The molecule has 11 heavy (non-hydrogen) atoms. The molecule has 0 amide bonds. The van der Waals surface area contributed by atoms with Gasteiger partial charge in [-0.05, 0) is 23.8 Å². The van der Waals surface area contributed by atoms with Crippen molar-refractivity contribution in [1.82, 2.24) is 0 Å². The minimum absolute atomic E-state index is 0.641. The summed E-state index contributed by atoms with van der Waals surface area (Å²) in [5.74, 6) is 0. The molecule has 0 unspecified atom stereocenters. The van der Waals surface area contributed by atoms with Gasteiger partial charge in [0.1, 0.15) is 5.17 Å². The van der Waals surface area contributed by atoms with Crippen molar-refractivity contribution in [3.05, 3.63) is 28.8 Å². The van der Waals surface area contributed by atoms with Gasteiger partial charge in [-0.15, -0.1) is 0 Å². The lowest BCUT2D eigenvalue weighted by atomic mass is 10.2. The molecular formula is C8H5Cl2N. The van der Waals surface area contributed by atoms with Gasteiger partial charge in [0.25, 0.3) is 0 Å². The quantitative estimate of drug-likeness (QED) is 0.590. The molecule has 0 radical (unpaired) electrons. The Labute approximate surface area is 74.7 Å². The van der Waals surface area contributed by atoms with Crippen LogP contribution in [0, 0.1) is 0 Å². The Balaban J connectivity index is 2.52. The van der Waals surface area contributed by atoms with Crippen LogP contribution in [0.15, 0.2) is 23.2 Å². The Morgan fingerprint density at radius 2 is 2.09 bits per heavy atom. The first kappa shape index (κ1) is 7.14. The van der Waals surface area contributed by atoms with E-state index < -0.39 is 0 Å². The number of nitrogens with zero attached hydrogens (tertiary/aromatic N) is 1. The van der Waals surface area contributed by atoms with Gasteiger partial charge in [-0.3, -0.25) is 0 Å². The molecule has 0 aromatic heterocycles. The van der Waals surface area contributed by atoms with Crippen LogP contribution in [0.25, 0.3) is 0 Å². The van der Waals surface area contributed by atoms with Crippen molar-refractivity contribution >= 4 is 34.1 Å². The monoisotopic (exact) mass is 185 g/mol. The molecule has 1 aliphatic heterocycles. The first-order valence-electron chi connectivity index (χ1n) is 3.27. The topological polar surface area (TPSA) is 12.4 Å². The number of halogens is 2. The van der Waals surface area contributed by atoms with Gasteiger partial charge >= 0.3 is 0 Å². The third-order valence-electron chi connectivity index (χ3n) is 1.62. The maximum Gasteiger partial charge on any atom is 0.111 e. The van der Waals surface area contributed by atoms with E-state index in [-0.39, 0.29) is 0 Å². The summed E-state index contributed by atoms with van der Waals surface area (Å²) in [6, 6.07) is 5.60. The summed E-state index contributed by atoms with van der Waals surface area (Å²) in [6.45, 7) is 0. The van der Waals surface area contributed by atoms with Gasteiger partial charge in [0.15, 0.2) is 0 Å². The summed E-state index contributed by atoms with van der Waals surface area (Å²) in [5.41, 5.74) is 2.06. The van der Waals surface area contributed by atoms with Gasteiger partial charge in [0.2, 0.25) is 0 Å². The van der Waals surface area contributed by atoms with E-state index in [0.717, 1.165) is 22.7 Å².